The van der Waals surface area contributed by atoms with Gasteiger partial charge in [-0.25, -0.2) is 0 Å². The van der Waals surface area contributed by atoms with E-state index >= 15 is 0 Å². The maximum absolute atomic E-state index is 12.8. The van der Waals surface area contributed by atoms with Crippen LogP contribution >= 0.6 is 0 Å². The topological polar surface area (TPSA) is 78.9 Å². The summed E-state index contributed by atoms with van der Waals surface area (Å²) in [6.45, 7) is 6.44. The lowest BCUT2D eigenvalue weighted by atomic mass is 10.0. The molecule has 0 saturated carbocycles. The molecular weight excluding hydrogens is 889 g/mol. The van der Waals surface area contributed by atoms with Crippen LogP contribution < -0.4 is 0 Å². The van der Waals surface area contributed by atoms with E-state index in [1.54, 1.807) is 0 Å². The van der Waals surface area contributed by atoms with Crippen LogP contribution in [0.5, 0.6) is 0 Å². The predicted molar refractivity (Wildman–Crippen MR) is 311 cm³/mol. The molecule has 0 saturated heterocycles. The average Bonchev–Trinajstić information content (AvgIpc) is 3.38. The minimum absolute atomic E-state index is 0.0820. The fourth-order valence-electron chi connectivity index (χ4n) is 8.30. The highest BCUT2D eigenvalue weighted by Crippen LogP contribution is 2.16. The van der Waals surface area contributed by atoms with Gasteiger partial charge in [0.15, 0.2) is 6.10 Å². The Morgan fingerprint density at radius 2 is 0.542 bits per heavy atom. The van der Waals surface area contributed by atoms with Gasteiger partial charge in [-0.05, 0) is 103 Å². The number of unbranched alkanes of at least 4 members (excludes halogenated alkanes) is 27. The summed E-state index contributed by atoms with van der Waals surface area (Å²) in [4.78, 5) is 37.9. The molecule has 0 radical (unpaired) electrons. The zero-order chi connectivity index (χ0) is 52.2. The predicted octanol–water partition coefficient (Wildman–Crippen LogP) is 20.5. The van der Waals surface area contributed by atoms with E-state index in [-0.39, 0.29) is 31.1 Å². The second-order valence-corrected chi connectivity index (χ2v) is 19.9. The normalized spacial score (nSPS) is 12.8. The van der Waals surface area contributed by atoms with Crippen LogP contribution in [0, 0.1) is 0 Å². The van der Waals surface area contributed by atoms with Gasteiger partial charge in [0.05, 0.1) is 0 Å². The first-order chi connectivity index (χ1) is 35.5. The molecule has 0 rings (SSSR count). The summed E-state index contributed by atoms with van der Waals surface area (Å²) in [6.07, 6.45) is 80.1. The van der Waals surface area contributed by atoms with Crippen molar-refractivity contribution in [3.05, 3.63) is 97.2 Å². The summed E-state index contributed by atoms with van der Waals surface area (Å²) in [5.74, 6) is -0.900. The molecule has 0 aromatic rings. The molecular formula is C66H112O6. The third-order valence-electron chi connectivity index (χ3n) is 12.8. The van der Waals surface area contributed by atoms with Crippen LogP contribution in [-0.4, -0.2) is 37.2 Å². The summed E-state index contributed by atoms with van der Waals surface area (Å²) in [5.41, 5.74) is 0. The van der Waals surface area contributed by atoms with Gasteiger partial charge in [0.2, 0.25) is 0 Å². The number of allylic oxidation sites excluding steroid dienone is 16. The van der Waals surface area contributed by atoms with Crippen molar-refractivity contribution >= 4 is 17.9 Å². The Morgan fingerprint density at radius 3 is 0.875 bits per heavy atom. The highest BCUT2D eigenvalue weighted by atomic mass is 16.6. The molecule has 1 atom stereocenters. The maximum atomic E-state index is 12.8. The van der Waals surface area contributed by atoms with Crippen molar-refractivity contribution in [1.29, 1.82) is 0 Å². The Morgan fingerprint density at radius 1 is 0.292 bits per heavy atom. The minimum atomic E-state index is -0.782. The summed E-state index contributed by atoms with van der Waals surface area (Å²) in [6, 6.07) is 0. The molecule has 0 amide bonds. The van der Waals surface area contributed by atoms with Crippen LogP contribution in [0.4, 0.5) is 0 Å². The van der Waals surface area contributed by atoms with E-state index in [0.29, 0.717) is 19.3 Å². The van der Waals surface area contributed by atoms with E-state index in [0.717, 1.165) is 116 Å². The van der Waals surface area contributed by atoms with Gasteiger partial charge >= 0.3 is 17.9 Å². The van der Waals surface area contributed by atoms with Gasteiger partial charge in [-0.2, -0.15) is 0 Å². The quantitative estimate of drug-likeness (QED) is 0.0261. The Bertz CT molecular complexity index is 1430. The van der Waals surface area contributed by atoms with Gasteiger partial charge in [0.25, 0.3) is 0 Å². The van der Waals surface area contributed by atoms with Gasteiger partial charge in [-0.15, -0.1) is 0 Å². The second-order valence-electron chi connectivity index (χ2n) is 19.9. The van der Waals surface area contributed by atoms with Crippen LogP contribution in [0.1, 0.15) is 284 Å². The minimum Gasteiger partial charge on any atom is -0.462 e. The molecule has 6 nitrogen and oxygen atoms in total. The third-order valence-corrected chi connectivity index (χ3v) is 12.8. The van der Waals surface area contributed by atoms with Crippen molar-refractivity contribution in [3.8, 4) is 0 Å². The lowest BCUT2D eigenvalue weighted by Crippen LogP contribution is -2.30. The fraction of sp³-hybridized carbons (Fsp3) is 0.712. The Hall–Kier alpha value is -3.67. The molecule has 0 fully saturated rings. The zero-order valence-electron chi connectivity index (χ0n) is 47.2. The number of esters is 3. The van der Waals surface area contributed by atoms with Crippen molar-refractivity contribution in [2.24, 2.45) is 0 Å². The molecule has 0 bridgehead atoms. The summed E-state index contributed by atoms with van der Waals surface area (Å²) >= 11 is 0. The number of carbonyl (C=O) groups is 3. The standard InChI is InChI=1S/C66H112O6/c1-4-7-10-13-16-18-20-22-24-26-28-29-30-31-32-33-34-35-36-37-39-40-42-44-46-48-50-53-56-59-65(68)71-62-63(61-70-64(67)58-55-52-15-12-9-6-3)72-66(69)60-57-54-51-49-47-45-43-41-38-27-25-23-21-19-17-14-11-8-5-2/h7,10,16-19,22-25,28-29,31-32,38,41,63H,4-6,8-9,11-15,20-21,26-27,30,33-37,39-40,42-62H2,1-3H3/b10-7-,18-16-,19-17-,24-22-,25-23-,29-28-,32-31-,41-38-. The van der Waals surface area contributed by atoms with Gasteiger partial charge in [-0.1, -0.05) is 259 Å². The lowest BCUT2D eigenvalue weighted by molar-refractivity contribution is -0.167. The summed E-state index contributed by atoms with van der Waals surface area (Å²) in [7, 11) is 0. The number of ether oxygens (including phenoxy) is 3. The number of hydrogen-bond acceptors (Lipinski definition) is 6. The first kappa shape index (κ1) is 68.3. The van der Waals surface area contributed by atoms with E-state index in [1.807, 2.05) is 0 Å². The SMILES string of the molecule is CC/C=C\C/C=C\C/C=C\C/C=C\C/C=C\CCCCCCCCCCCCCCCC(=O)OCC(COC(=O)CCCCCCCC)OC(=O)CCCCCCCC/C=C\C/C=C\C/C=C\CCCCC. The van der Waals surface area contributed by atoms with E-state index in [1.165, 1.54) is 128 Å². The van der Waals surface area contributed by atoms with Crippen molar-refractivity contribution in [3.63, 3.8) is 0 Å². The molecule has 0 aliphatic heterocycles. The fourth-order valence-corrected chi connectivity index (χ4v) is 8.30. The van der Waals surface area contributed by atoms with Crippen molar-refractivity contribution in [2.45, 2.75) is 290 Å². The van der Waals surface area contributed by atoms with Crippen molar-refractivity contribution < 1.29 is 28.6 Å². The smallest absolute Gasteiger partial charge is 0.306 e. The molecule has 0 heterocycles. The van der Waals surface area contributed by atoms with E-state index in [4.69, 9.17) is 14.2 Å². The molecule has 0 aliphatic carbocycles. The van der Waals surface area contributed by atoms with Crippen LogP contribution in [0.15, 0.2) is 97.2 Å². The Kier molecular flexibility index (Phi) is 56.8. The summed E-state index contributed by atoms with van der Waals surface area (Å²) < 4.78 is 16.8. The summed E-state index contributed by atoms with van der Waals surface area (Å²) in [5, 5.41) is 0. The molecule has 0 aromatic carbocycles. The van der Waals surface area contributed by atoms with Crippen molar-refractivity contribution in [1.82, 2.24) is 0 Å². The van der Waals surface area contributed by atoms with Crippen LogP contribution in [0.25, 0.3) is 0 Å². The van der Waals surface area contributed by atoms with E-state index in [9.17, 15) is 14.4 Å². The maximum Gasteiger partial charge on any atom is 0.306 e. The van der Waals surface area contributed by atoms with E-state index < -0.39 is 6.10 Å². The molecule has 0 aromatic heterocycles. The van der Waals surface area contributed by atoms with Gasteiger partial charge in [0, 0.05) is 19.3 Å². The molecule has 412 valence electrons. The highest BCUT2D eigenvalue weighted by molar-refractivity contribution is 5.71. The average molecular weight is 1000 g/mol. The van der Waals surface area contributed by atoms with Crippen molar-refractivity contribution in [2.75, 3.05) is 13.2 Å². The van der Waals surface area contributed by atoms with Gasteiger partial charge in [-0.3, -0.25) is 14.4 Å². The number of hydrogen-bond donors (Lipinski definition) is 0. The van der Waals surface area contributed by atoms with Gasteiger partial charge < -0.3 is 14.2 Å². The lowest BCUT2D eigenvalue weighted by Gasteiger charge is -2.18. The van der Waals surface area contributed by atoms with Crippen LogP contribution in [0.2, 0.25) is 0 Å². The van der Waals surface area contributed by atoms with Crippen LogP contribution in [0.3, 0.4) is 0 Å². The molecule has 0 aliphatic rings. The second kappa shape index (κ2) is 59.9. The zero-order valence-corrected chi connectivity index (χ0v) is 47.2. The Balaban J connectivity index is 4.11. The monoisotopic (exact) mass is 1000 g/mol. The largest absolute Gasteiger partial charge is 0.462 e. The molecule has 6 heteroatoms. The molecule has 0 N–H and O–H groups in total. The number of carbonyl (C=O) groups excluding carboxylic acids is 3. The Labute approximate surface area is 445 Å². The van der Waals surface area contributed by atoms with E-state index in [2.05, 4.69) is 118 Å². The highest BCUT2D eigenvalue weighted by Gasteiger charge is 2.19. The first-order valence-electron chi connectivity index (χ1n) is 30.2. The molecule has 72 heavy (non-hydrogen) atoms. The molecule has 0 spiro atoms. The first-order valence-corrected chi connectivity index (χ1v) is 30.2. The third kappa shape index (κ3) is 57.2. The van der Waals surface area contributed by atoms with Crippen LogP contribution in [-0.2, 0) is 28.6 Å². The molecule has 1 unspecified atom stereocenters. The van der Waals surface area contributed by atoms with Gasteiger partial charge in [0.1, 0.15) is 13.2 Å². The number of rotatable bonds is 54.